The Morgan fingerprint density at radius 3 is 2.53 bits per heavy atom. The molecule has 1 amide bonds. The Hall–Kier alpha value is -1.31. The summed E-state index contributed by atoms with van der Waals surface area (Å²) in [5, 5.41) is 0. The minimum atomic E-state index is 0.319. The lowest BCUT2D eigenvalue weighted by molar-refractivity contribution is -0.118. The number of amides is 1. The van der Waals surface area contributed by atoms with Gasteiger partial charge in [0.15, 0.2) is 0 Å². The van der Waals surface area contributed by atoms with Crippen LogP contribution in [0, 0.1) is 0 Å². The predicted molar refractivity (Wildman–Crippen MR) is 69.5 cm³/mol. The maximum absolute atomic E-state index is 12.0. The number of aryl methyl sites for hydroxylation is 1. The number of hydrogen-bond acceptors (Lipinski definition) is 1. The molecule has 0 saturated carbocycles. The smallest absolute Gasteiger partial charge is 0.227 e. The minimum absolute atomic E-state index is 0.319. The van der Waals surface area contributed by atoms with E-state index in [0.717, 1.165) is 25.8 Å². The molecule has 17 heavy (non-hydrogen) atoms. The van der Waals surface area contributed by atoms with Gasteiger partial charge in [-0.2, -0.15) is 0 Å². The normalized spacial score (nSPS) is 18.5. The molecule has 2 aliphatic rings. The molecule has 90 valence electrons. The third kappa shape index (κ3) is 1.67. The van der Waals surface area contributed by atoms with E-state index in [1.807, 2.05) is 4.90 Å². The predicted octanol–water partition coefficient (Wildman–Crippen LogP) is 3.04. The molecule has 0 aliphatic carbocycles. The maximum Gasteiger partial charge on any atom is 0.227 e. The molecule has 1 aromatic rings. The van der Waals surface area contributed by atoms with Gasteiger partial charge in [0.1, 0.15) is 0 Å². The molecule has 2 heterocycles. The van der Waals surface area contributed by atoms with Crippen LogP contribution in [0.15, 0.2) is 12.1 Å². The van der Waals surface area contributed by atoms with Crippen LogP contribution in [0.4, 0.5) is 5.69 Å². The Morgan fingerprint density at radius 2 is 1.82 bits per heavy atom. The molecular weight excluding hydrogens is 210 g/mol. The first-order valence-electron chi connectivity index (χ1n) is 6.63. The molecule has 2 aliphatic heterocycles. The van der Waals surface area contributed by atoms with Gasteiger partial charge < -0.3 is 4.90 Å². The average molecular weight is 229 g/mol. The zero-order valence-corrected chi connectivity index (χ0v) is 10.6. The SMILES string of the molecule is CC(C)c1cc2c3c(c1)CCN3C(=O)CCC2. The molecule has 0 N–H and O–H groups in total. The monoisotopic (exact) mass is 229 g/mol. The molecule has 1 aromatic carbocycles. The fourth-order valence-electron chi connectivity index (χ4n) is 3.01. The minimum Gasteiger partial charge on any atom is -0.312 e. The number of nitrogens with zero attached hydrogens (tertiary/aromatic N) is 1. The zero-order valence-electron chi connectivity index (χ0n) is 10.6. The van der Waals surface area contributed by atoms with Crippen LogP contribution in [-0.2, 0) is 17.6 Å². The van der Waals surface area contributed by atoms with Gasteiger partial charge in [-0.1, -0.05) is 26.0 Å². The highest BCUT2D eigenvalue weighted by atomic mass is 16.2. The van der Waals surface area contributed by atoms with Crippen molar-refractivity contribution in [2.24, 2.45) is 0 Å². The molecule has 2 heteroatoms. The zero-order chi connectivity index (χ0) is 12.0. The van der Waals surface area contributed by atoms with E-state index in [9.17, 15) is 4.79 Å². The number of rotatable bonds is 1. The molecule has 0 spiro atoms. The first-order chi connectivity index (χ1) is 8.16. The highest BCUT2D eigenvalue weighted by molar-refractivity contribution is 5.97. The van der Waals surface area contributed by atoms with E-state index in [0.29, 0.717) is 18.2 Å². The highest BCUT2D eigenvalue weighted by Gasteiger charge is 2.29. The van der Waals surface area contributed by atoms with E-state index in [2.05, 4.69) is 26.0 Å². The van der Waals surface area contributed by atoms with Gasteiger partial charge >= 0.3 is 0 Å². The first-order valence-corrected chi connectivity index (χ1v) is 6.63. The number of benzene rings is 1. The van der Waals surface area contributed by atoms with Crippen LogP contribution in [-0.4, -0.2) is 12.5 Å². The summed E-state index contributed by atoms with van der Waals surface area (Å²) in [6.45, 7) is 5.37. The van der Waals surface area contributed by atoms with Gasteiger partial charge in [0.2, 0.25) is 5.91 Å². The van der Waals surface area contributed by atoms with Gasteiger partial charge in [-0.25, -0.2) is 0 Å². The second-order valence-electron chi connectivity index (χ2n) is 5.49. The van der Waals surface area contributed by atoms with Crippen molar-refractivity contribution >= 4 is 11.6 Å². The second kappa shape index (κ2) is 3.86. The molecule has 0 radical (unpaired) electrons. The van der Waals surface area contributed by atoms with E-state index in [1.54, 1.807) is 0 Å². The molecule has 3 rings (SSSR count). The van der Waals surface area contributed by atoms with Crippen molar-refractivity contribution < 1.29 is 4.79 Å². The van der Waals surface area contributed by atoms with E-state index < -0.39 is 0 Å². The quantitative estimate of drug-likeness (QED) is 0.725. The number of anilines is 1. The van der Waals surface area contributed by atoms with Crippen molar-refractivity contribution in [1.82, 2.24) is 0 Å². The Labute approximate surface area is 103 Å². The van der Waals surface area contributed by atoms with Gasteiger partial charge in [0.25, 0.3) is 0 Å². The van der Waals surface area contributed by atoms with Crippen molar-refractivity contribution in [2.75, 3.05) is 11.4 Å². The Bertz CT molecular complexity index is 476. The molecule has 0 atom stereocenters. The third-order valence-electron chi connectivity index (χ3n) is 3.97. The summed E-state index contributed by atoms with van der Waals surface area (Å²) >= 11 is 0. The van der Waals surface area contributed by atoms with Crippen LogP contribution < -0.4 is 4.90 Å². The number of carbonyl (C=O) groups excluding carboxylic acids is 1. The number of carbonyl (C=O) groups is 1. The van der Waals surface area contributed by atoms with Gasteiger partial charge in [0.05, 0.1) is 5.69 Å². The lowest BCUT2D eigenvalue weighted by Crippen LogP contribution is -2.27. The standard InChI is InChI=1S/C15H19NO/c1-10(2)13-8-11-4-3-5-14(17)16-7-6-12(9-13)15(11)16/h8-10H,3-7H2,1-2H3. The Morgan fingerprint density at radius 1 is 1.12 bits per heavy atom. The lowest BCUT2D eigenvalue weighted by Gasteiger charge is -2.18. The average Bonchev–Trinajstić information content (AvgIpc) is 2.64. The van der Waals surface area contributed by atoms with E-state index in [-0.39, 0.29) is 0 Å². The van der Waals surface area contributed by atoms with Crippen LogP contribution in [0.3, 0.4) is 0 Å². The highest BCUT2D eigenvalue weighted by Crippen LogP contribution is 2.37. The lowest BCUT2D eigenvalue weighted by atomic mass is 9.94. The van der Waals surface area contributed by atoms with Gasteiger partial charge in [-0.05, 0) is 41.9 Å². The second-order valence-corrected chi connectivity index (χ2v) is 5.49. The molecule has 0 unspecified atom stereocenters. The van der Waals surface area contributed by atoms with Crippen molar-refractivity contribution in [2.45, 2.75) is 45.4 Å². The Balaban J connectivity index is 2.15. The molecule has 0 fully saturated rings. The van der Waals surface area contributed by atoms with Crippen molar-refractivity contribution in [1.29, 1.82) is 0 Å². The summed E-state index contributed by atoms with van der Waals surface area (Å²) in [6.07, 6.45) is 3.81. The topological polar surface area (TPSA) is 20.3 Å². The molecule has 0 aromatic heterocycles. The molecular formula is C15H19NO. The van der Waals surface area contributed by atoms with Gasteiger partial charge in [-0.15, -0.1) is 0 Å². The number of hydrogen-bond donors (Lipinski definition) is 0. The third-order valence-corrected chi connectivity index (χ3v) is 3.97. The van der Waals surface area contributed by atoms with Gasteiger partial charge in [0, 0.05) is 13.0 Å². The molecule has 0 saturated heterocycles. The van der Waals surface area contributed by atoms with E-state index in [1.165, 1.54) is 22.4 Å². The fraction of sp³-hybridized carbons (Fsp3) is 0.533. The van der Waals surface area contributed by atoms with Crippen LogP contribution in [0.2, 0.25) is 0 Å². The van der Waals surface area contributed by atoms with Crippen LogP contribution in [0.25, 0.3) is 0 Å². The van der Waals surface area contributed by atoms with Crippen LogP contribution in [0.5, 0.6) is 0 Å². The van der Waals surface area contributed by atoms with E-state index in [4.69, 9.17) is 0 Å². The Kier molecular flexibility index (Phi) is 2.46. The fourth-order valence-corrected chi connectivity index (χ4v) is 3.01. The summed E-state index contributed by atoms with van der Waals surface area (Å²) < 4.78 is 0. The first kappa shape index (κ1) is 10.8. The molecule has 0 bridgehead atoms. The van der Waals surface area contributed by atoms with Crippen molar-refractivity contribution in [3.8, 4) is 0 Å². The summed E-state index contributed by atoms with van der Waals surface area (Å²) in [6, 6.07) is 4.63. The van der Waals surface area contributed by atoms with Crippen molar-refractivity contribution in [3.05, 3.63) is 28.8 Å². The molecule has 2 nitrogen and oxygen atoms in total. The largest absolute Gasteiger partial charge is 0.312 e. The maximum atomic E-state index is 12.0. The van der Waals surface area contributed by atoms with Crippen LogP contribution >= 0.6 is 0 Å². The summed E-state index contributed by atoms with van der Waals surface area (Å²) in [4.78, 5) is 14.0. The van der Waals surface area contributed by atoms with Gasteiger partial charge in [-0.3, -0.25) is 4.79 Å². The van der Waals surface area contributed by atoms with E-state index >= 15 is 0 Å². The van der Waals surface area contributed by atoms with Crippen LogP contribution in [0.1, 0.15) is 49.3 Å². The summed E-state index contributed by atoms with van der Waals surface area (Å²) in [7, 11) is 0. The summed E-state index contributed by atoms with van der Waals surface area (Å²) in [5.74, 6) is 0.893. The summed E-state index contributed by atoms with van der Waals surface area (Å²) in [5.41, 5.74) is 5.46. The van der Waals surface area contributed by atoms with Crippen molar-refractivity contribution in [3.63, 3.8) is 0 Å².